The molecular formula is C70H137NO5. The molecule has 0 saturated carbocycles. The van der Waals surface area contributed by atoms with Crippen LogP contribution < -0.4 is 5.32 Å². The molecule has 0 aromatic heterocycles. The van der Waals surface area contributed by atoms with Crippen LogP contribution in [0, 0.1) is 0 Å². The lowest BCUT2D eigenvalue weighted by atomic mass is 10.0. The Labute approximate surface area is 476 Å². The van der Waals surface area contributed by atoms with E-state index in [0.29, 0.717) is 25.9 Å². The predicted octanol–water partition coefficient (Wildman–Crippen LogP) is 22.4. The molecule has 0 saturated heterocycles. The van der Waals surface area contributed by atoms with Gasteiger partial charge in [0.2, 0.25) is 5.91 Å². The van der Waals surface area contributed by atoms with Crippen molar-refractivity contribution < 1.29 is 24.5 Å². The number of hydrogen-bond donors (Lipinski definition) is 3. The number of allylic oxidation sites excluding steroid dienone is 2. The number of esters is 1. The lowest BCUT2D eigenvalue weighted by molar-refractivity contribution is -0.143. The standard InChI is InChI=1S/C70H137NO5/c1-3-5-7-9-11-13-15-17-19-31-34-38-42-46-50-54-58-62-68(73)67(66-72)71-69(74)63-59-55-51-47-43-39-35-32-29-27-25-23-21-22-24-26-28-30-33-37-41-45-49-53-57-61-65-76-70(75)64-60-56-52-48-44-40-36-20-18-16-14-12-10-8-6-4-2/h20,36,67-68,72-73H,3-19,21-35,37-66H2,1-2H3,(H,71,74)/b36-20-. The van der Waals surface area contributed by atoms with E-state index in [1.54, 1.807) is 0 Å². The summed E-state index contributed by atoms with van der Waals surface area (Å²) < 4.78 is 5.50. The Bertz CT molecular complexity index is 1140. The lowest BCUT2D eigenvalue weighted by Gasteiger charge is -2.22. The summed E-state index contributed by atoms with van der Waals surface area (Å²) in [6.07, 6.45) is 81.1. The Morgan fingerprint density at radius 1 is 0.355 bits per heavy atom. The van der Waals surface area contributed by atoms with Crippen LogP contribution in [0.2, 0.25) is 0 Å². The third-order valence-corrected chi connectivity index (χ3v) is 16.6. The first-order valence-electron chi connectivity index (χ1n) is 34.9. The SMILES string of the molecule is CCCCCCCCC/C=C\CCCCCCCC(=O)OCCCCCCCCCCCCCCCCCCCCCCCCCCCCC(=O)NC(CO)C(O)CCCCCCCCCCCCCCCCCCC. The molecule has 0 radical (unpaired) electrons. The summed E-state index contributed by atoms with van der Waals surface area (Å²) in [5.41, 5.74) is 0. The highest BCUT2D eigenvalue weighted by Crippen LogP contribution is 2.19. The molecular weight excluding hydrogens is 935 g/mol. The van der Waals surface area contributed by atoms with Gasteiger partial charge >= 0.3 is 5.97 Å². The van der Waals surface area contributed by atoms with Crippen molar-refractivity contribution in [3.05, 3.63) is 12.2 Å². The second-order valence-corrected chi connectivity index (χ2v) is 24.2. The second kappa shape index (κ2) is 66.1. The summed E-state index contributed by atoms with van der Waals surface area (Å²) in [7, 11) is 0. The van der Waals surface area contributed by atoms with E-state index in [2.05, 4.69) is 31.3 Å². The first kappa shape index (κ1) is 74.6. The second-order valence-electron chi connectivity index (χ2n) is 24.2. The van der Waals surface area contributed by atoms with E-state index >= 15 is 0 Å². The summed E-state index contributed by atoms with van der Waals surface area (Å²) in [5, 5.41) is 23.4. The highest BCUT2D eigenvalue weighted by molar-refractivity contribution is 5.76. The van der Waals surface area contributed by atoms with E-state index in [1.807, 2.05) is 0 Å². The highest BCUT2D eigenvalue weighted by Gasteiger charge is 2.20. The topological polar surface area (TPSA) is 95.9 Å². The minimum Gasteiger partial charge on any atom is -0.466 e. The van der Waals surface area contributed by atoms with E-state index in [1.165, 1.54) is 321 Å². The van der Waals surface area contributed by atoms with Gasteiger partial charge in [-0.15, -0.1) is 0 Å². The van der Waals surface area contributed by atoms with Gasteiger partial charge in [-0.3, -0.25) is 9.59 Å². The number of nitrogens with one attached hydrogen (secondary N) is 1. The Morgan fingerprint density at radius 3 is 0.934 bits per heavy atom. The number of aliphatic hydroxyl groups is 2. The summed E-state index contributed by atoms with van der Waals surface area (Å²) >= 11 is 0. The maximum Gasteiger partial charge on any atom is 0.305 e. The zero-order chi connectivity index (χ0) is 55.0. The summed E-state index contributed by atoms with van der Waals surface area (Å²) in [5.74, 6) is -0.0179. The molecule has 0 bridgehead atoms. The maximum absolute atomic E-state index is 12.5. The monoisotopic (exact) mass is 1070 g/mol. The third kappa shape index (κ3) is 61.8. The molecule has 452 valence electrons. The van der Waals surface area contributed by atoms with Gasteiger partial charge in [0.15, 0.2) is 0 Å². The number of carbonyl (C=O) groups is 2. The van der Waals surface area contributed by atoms with Crippen LogP contribution in [0.3, 0.4) is 0 Å². The zero-order valence-electron chi connectivity index (χ0n) is 51.8. The quantitative estimate of drug-likeness (QED) is 0.0320. The molecule has 0 spiro atoms. The van der Waals surface area contributed by atoms with Crippen LogP contribution in [-0.4, -0.2) is 47.4 Å². The molecule has 1 amide bonds. The van der Waals surface area contributed by atoms with Crippen molar-refractivity contribution in [2.45, 2.75) is 411 Å². The minimum atomic E-state index is -0.662. The van der Waals surface area contributed by atoms with Gasteiger partial charge in [-0.1, -0.05) is 347 Å². The van der Waals surface area contributed by atoms with E-state index in [4.69, 9.17) is 4.74 Å². The summed E-state index contributed by atoms with van der Waals surface area (Å²) in [4.78, 5) is 24.6. The Morgan fingerprint density at radius 2 is 0.618 bits per heavy atom. The predicted molar refractivity (Wildman–Crippen MR) is 333 cm³/mol. The van der Waals surface area contributed by atoms with Crippen LogP contribution in [0.1, 0.15) is 399 Å². The van der Waals surface area contributed by atoms with Crippen LogP contribution in [-0.2, 0) is 14.3 Å². The molecule has 6 nitrogen and oxygen atoms in total. The first-order chi connectivity index (χ1) is 37.5. The molecule has 2 unspecified atom stereocenters. The fraction of sp³-hybridized carbons (Fsp3) is 0.943. The molecule has 3 N–H and O–H groups in total. The van der Waals surface area contributed by atoms with Gasteiger partial charge in [-0.05, 0) is 51.4 Å². The molecule has 6 heteroatoms. The number of unbranched alkanes of at least 4 members (excludes halogenated alkanes) is 53. The van der Waals surface area contributed by atoms with E-state index in [0.717, 1.165) is 44.9 Å². The number of carbonyl (C=O) groups excluding carboxylic acids is 2. The Balaban J connectivity index is 3.34. The van der Waals surface area contributed by atoms with E-state index in [9.17, 15) is 19.8 Å². The average molecular weight is 1070 g/mol. The summed E-state index contributed by atoms with van der Waals surface area (Å²) in [6, 6.07) is -0.539. The van der Waals surface area contributed by atoms with Gasteiger partial charge < -0.3 is 20.3 Å². The average Bonchev–Trinajstić information content (AvgIpc) is 3.42. The maximum atomic E-state index is 12.5. The normalized spacial score (nSPS) is 12.5. The van der Waals surface area contributed by atoms with Gasteiger partial charge in [-0.25, -0.2) is 0 Å². The fourth-order valence-electron chi connectivity index (χ4n) is 11.2. The number of ether oxygens (including phenoxy) is 1. The van der Waals surface area contributed by atoms with Crippen LogP contribution in [0.25, 0.3) is 0 Å². The van der Waals surface area contributed by atoms with Gasteiger partial charge in [0.25, 0.3) is 0 Å². The van der Waals surface area contributed by atoms with Gasteiger partial charge in [0.05, 0.1) is 25.4 Å². The molecule has 2 atom stereocenters. The van der Waals surface area contributed by atoms with Crippen LogP contribution in [0.5, 0.6) is 0 Å². The van der Waals surface area contributed by atoms with Crippen molar-refractivity contribution in [3.63, 3.8) is 0 Å². The van der Waals surface area contributed by atoms with Crippen LogP contribution in [0.4, 0.5) is 0 Å². The molecule has 0 aromatic carbocycles. The minimum absolute atomic E-state index is 0.0109. The smallest absolute Gasteiger partial charge is 0.305 e. The van der Waals surface area contributed by atoms with E-state index < -0.39 is 12.1 Å². The molecule has 0 aliphatic heterocycles. The van der Waals surface area contributed by atoms with Gasteiger partial charge in [-0.2, -0.15) is 0 Å². The first-order valence-corrected chi connectivity index (χ1v) is 34.9. The van der Waals surface area contributed by atoms with Gasteiger partial charge in [0.1, 0.15) is 0 Å². The highest BCUT2D eigenvalue weighted by atomic mass is 16.5. The molecule has 0 fully saturated rings. The largest absolute Gasteiger partial charge is 0.466 e. The number of rotatable bonds is 66. The zero-order valence-corrected chi connectivity index (χ0v) is 51.8. The molecule has 0 rings (SSSR count). The number of hydrogen-bond acceptors (Lipinski definition) is 5. The number of amides is 1. The Kier molecular flexibility index (Phi) is 64.9. The molecule has 0 aliphatic carbocycles. The molecule has 0 aliphatic rings. The van der Waals surface area contributed by atoms with Crippen molar-refractivity contribution in [2.75, 3.05) is 13.2 Å². The van der Waals surface area contributed by atoms with Crippen LogP contribution in [0.15, 0.2) is 12.2 Å². The van der Waals surface area contributed by atoms with Crippen molar-refractivity contribution in [3.8, 4) is 0 Å². The van der Waals surface area contributed by atoms with Crippen LogP contribution >= 0.6 is 0 Å². The van der Waals surface area contributed by atoms with Gasteiger partial charge in [0, 0.05) is 12.8 Å². The molecule has 0 heterocycles. The molecule has 0 aromatic rings. The Hall–Kier alpha value is -1.40. The van der Waals surface area contributed by atoms with Crippen molar-refractivity contribution >= 4 is 11.9 Å². The van der Waals surface area contributed by atoms with E-state index in [-0.39, 0.29) is 18.5 Å². The molecule has 76 heavy (non-hydrogen) atoms. The fourth-order valence-corrected chi connectivity index (χ4v) is 11.2. The summed E-state index contributed by atoms with van der Waals surface area (Å²) in [6.45, 7) is 4.99. The lowest BCUT2D eigenvalue weighted by Crippen LogP contribution is -2.45. The van der Waals surface area contributed by atoms with Crippen molar-refractivity contribution in [1.29, 1.82) is 0 Å². The van der Waals surface area contributed by atoms with Crippen molar-refractivity contribution in [2.24, 2.45) is 0 Å². The van der Waals surface area contributed by atoms with Crippen molar-refractivity contribution in [1.82, 2.24) is 5.32 Å². The third-order valence-electron chi connectivity index (χ3n) is 16.6. The number of aliphatic hydroxyl groups excluding tert-OH is 2.